The maximum absolute atomic E-state index is 14.3. The number of hydrogen-bond donors (Lipinski definition) is 4. The van der Waals surface area contributed by atoms with Crippen LogP contribution in [0.3, 0.4) is 0 Å². The Morgan fingerprint density at radius 3 is 1.04 bits per heavy atom. The molecule has 0 aliphatic carbocycles. The van der Waals surface area contributed by atoms with E-state index in [-0.39, 0.29) is 138 Å². The van der Waals surface area contributed by atoms with Crippen LogP contribution in [0.4, 0.5) is 88.6 Å². The lowest BCUT2D eigenvalue weighted by atomic mass is 9.74. The quantitative estimate of drug-likeness (QED) is 0.0307. The van der Waals surface area contributed by atoms with Crippen molar-refractivity contribution in [3.63, 3.8) is 0 Å². The number of nitrogens with one attached hydrogen (secondary N) is 3. The van der Waals surface area contributed by atoms with Crippen molar-refractivity contribution in [2.45, 2.75) is 188 Å². The minimum Gasteiger partial charge on any atom is -0.446 e. The first kappa shape index (κ1) is 108. The number of carbonyl (C=O) groups is 4. The molecule has 758 valence electrons. The number of halogens is 18. The molecule has 4 heterocycles. The molecule has 14 rings (SSSR count). The van der Waals surface area contributed by atoms with Crippen molar-refractivity contribution >= 4 is 24.0 Å². The maximum atomic E-state index is 14.3. The van der Waals surface area contributed by atoms with Crippen LogP contribution in [0.1, 0.15) is 186 Å². The zero-order valence-electron chi connectivity index (χ0n) is 77.6. The van der Waals surface area contributed by atoms with E-state index < -0.39 is 134 Å². The van der Waals surface area contributed by atoms with E-state index in [0.717, 1.165) is 22.3 Å². The molecule has 1 aromatic heterocycles. The average molecular weight is 2000 g/mol. The summed E-state index contributed by atoms with van der Waals surface area (Å²) < 4.78 is 292. The average Bonchev–Trinajstić information content (AvgIpc) is 0.805. The summed E-state index contributed by atoms with van der Waals surface area (Å²) in [7, 11) is 0. The number of alkyl halides is 18. The molecule has 3 aliphatic rings. The van der Waals surface area contributed by atoms with Gasteiger partial charge < -0.3 is 59.3 Å². The molecule has 2 unspecified atom stereocenters. The first-order valence-corrected chi connectivity index (χ1v) is 45.1. The van der Waals surface area contributed by atoms with E-state index in [2.05, 4.69) is 20.9 Å². The van der Waals surface area contributed by atoms with Crippen molar-refractivity contribution in [3.8, 4) is 0 Å². The van der Waals surface area contributed by atoms with Gasteiger partial charge >= 0.3 is 49.2 Å². The fraction of sp³-hybridized carbons (Fsp3) is 0.362. The third-order valence-corrected chi connectivity index (χ3v) is 25.2. The van der Waals surface area contributed by atoms with Gasteiger partial charge in [-0.2, -0.15) is 79.0 Å². The summed E-state index contributed by atoms with van der Waals surface area (Å²) in [5.74, 6) is -0.201. The van der Waals surface area contributed by atoms with Crippen molar-refractivity contribution in [2.75, 3.05) is 52.7 Å². The van der Waals surface area contributed by atoms with Crippen molar-refractivity contribution < 1.29 is 136 Å². The van der Waals surface area contributed by atoms with Gasteiger partial charge in [-0.1, -0.05) is 212 Å². The molecular weight excluding hydrogens is 1890 g/mol. The molecule has 5 N–H and O–H groups in total. The predicted octanol–water partition coefficient (Wildman–Crippen LogP) is 24.4. The number of likely N-dealkylation sites (tertiary alicyclic amines) is 2. The number of hydrogen-bond acceptors (Lipinski definition) is 15. The fourth-order valence-corrected chi connectivity index (χ4v) is 17.5. The smallest absolute Gasteiger partial charge is 0.416 e. The number of piperidine rings is 3. The monoisotopic (exact) mass is 2000 g/mol. The van der Waals surface area contributed by atoms with Crippen LogP contribution < -0.4 is 21.7 Å². The van der Waals surface area contributed by atoms with Crippen LogP contribution in [-0.2, 0) is 128 Å². The van der Waals surface area contributed by atoms with Crippen molar-refractivity contribution in [1.29, 1.82) is 0 Å². The predicted molar refractivity (Wildman–Crippen MR) is 487 cm³/mol. The van der Waals surface area contributed by atoms with Gasteiger partial charge in [0.1, 0.15) is 18.8 Å². The topological polar surface area (TPSA) is 228 Å². The molecule has 3 aliphatic heterocycles. The zero-order valence-corrected chi connectivity index (χ0v) is 77.6. The molecule has 11 aromatic rings. The maximum Gasteiger partial charge on any atom is 0.416 e. The number of nitrogens with zero attached hydrogens (tertiary/aromatic N) is 3. The highest BCUT2D eigenvalue weighted by Gasteiger charge is 2.56. The number of carbonyl (C=O) groups excluding carboxylic acids is 4. The van der Waals surface area contributed by atoms with Crippen LogP contribution in [-0.4, -0.2) is 103 Å². The summed E-state index contributed by atoms with van der Waals surface area (Å²) in [6.45, 7) is 6.71. The molecule has 3 fully saturated rings. The third-order valence-electron chi connectivity index (χ3n) is 25.2. The Kier molecular flexibility index (Phi) is 34.8. The number of ether oxygens (including phenoxy) is 7. The first-order valence-electron chi connectivity index (χ1n) is 45.1. The third kappa shape index (κ3) is 28.2. The highest BCUT2D eigenvalue weighted by Crippen LogP contribution is 2.49. The Morgan fingerprint density at radius 2 is 0.711 bits per heavy atom. The minimum atomic E-state index is -5.04. The summed E-state index contributed by atoms with van der Waals surface area (Å²) in [4.78, 5) is 59.9. The van der Waals surface area contributed by atoms with Crippen molar-refractivity contribution in [3.05, 3.63) is 374 Å². The van der Waals surface area contributed by atoms with Gasteiger partial charge in [0, 0.05) is 26.9 Å². The summed E-state index contributed by atoms with van der Waals surface area (Å²) in [5, 5.41) is 9.35. The van der Waals surface area contributed by atoms with Gasteiger partial charge in [0.2, 0.25) is 11.8 Å². The van der Waals surface area contributed by atoms with Crippen LogP contribution in [0.2, 0.25) is 0 Å². The summed E-state index contributed by atoms with van der Waals surface area (Å²) >= 11 is 0. The molecule has 10 aromatic carbocycles. The molecule has 0 bridgehead atoms. The van der Waals surface area contributed by atoms with Crippen LogP contribution >= 0.6 is 0 Å². The molecule has 142 heavy (non-hydrogen) atoms. The summed E-state index contributed by atoms with van der Waals surface area (Å²) in [6, 6.07) is 67.8. The molecule has 4 amide bonds. The SMILES string of the molecule is CC(=O)NC1(COCc2ccccc2)CC[C@@](CO[C@H](C)c2cc(C(F)(F)F)cc(C(F)(F)F)c2)(c2ccccc2)N(C(=O)OCc2ccccc2)C1.CC(=O)N[C@@]1(c2cnco2)CC[C@@](CO[C@H](C)c2cc(C(F)(F)F)cc(C(F)(F)F)c2)(c2ccccc2)NC1.C[C@@H](OC[C@@]1(c2ccccc2)CCC(N)(COCc2ccccc2)CN1C(=O)OCc1ccccc1)c1cc(C(F)(F)F)cc(C(F)(F)F)c1. The fourth-order valence-electron chi connectivity index (χ4n) is 17.5. The van der Waals surface area contributed by atoms with E-state index in [1.807, 2.05) is 103 Å². The van der Waals surface area contributed by atoms with E-state index in [4.69, 9.17) is 43.3 Å². The molecule has 0 spiro atoms. The first-order chi connectivity index (χ1) is 67.0. The van der Waals surface area contributed by atoms with Gasteiger partial charge in [-0.3, -0.25) is 19.4 Å². The van der Waals surface area contributed by atoms with Gasteiger partial charge in [-0.05, 0) is 170 Å². The van der Waals surface area contributed by atoms with Gasteiger partial charge in [-0.15, -0.1) is 0 Å². The van der Waals surface area contributed by atoms with Crippen LogP contribution in [0.15, 0.2) is 284 Å². The molecule has 0 saturated carbocycles. The largest absolute Gasteiger partial charge is 0.446 e. The second-order valence-electron chi connectivity index (χ2n) is 35.6. The Labute approximate surface area is 807 Å². The summed E-state index contributed by atoms with van der Waals surface area (Å²) in [6.07, 6.45) is -30.6. The van der Waals surface area contributed by atoms with Crippen LogP contribution in [0.25, 0.3) is 0 Å². The van der Waals surface area contributed by atoms with E-state index in [9.17, 15) is 98.2 Å². The van der Waals surface area contributed by atoms with E-state index in [1.54, 1.807) is 109 Å². The van der Waals surface area contributed by atoms with E-state index in [0.29, 0.717) is 84.7 Å². The lowest BCUT2D eigenvalue weighted by Crippen LogP contribution is -2.68. The Morgan fingerprint density at radius 1 is 0.387 bits per heavy atom. The molecular formula is C105H105F18N7O12. The second-order valence-corrected chi connectivity index (χ2v) is 35.6. The highest BCUT2D eigenvalue weighted by atomic mass is 19.4. The zero-order chi connectivity index (χ0) is 103. The molecule has 19 nitrogen and oxygen atoms in total. The number of amides is 4. The number of benzene rings is 10. The Balaban J connectivity index is 0.000000192. The number of oxazole rings is 1. The Hall–Kier alpha value is -12.7. The normalized spacial score (nSPS) is 20.8. The second kappa shape index (κ2) is 45.7. The van der Waals surface area contributed by atoms with Gasteiger partial charge in [0.15, 0.2) is 12.2 Å². The number of nitrogens with two attached hydrogens (primary N) is 1. The molecule has 0 radical (unpaired) electrons. The van der Waals surface area contributed by atoms with Gasteiger partial charge in [0.05, 0.1) is 138 Å². The minimum absolute atomic E-state index is 0.0104. The van der Waals surface area contributed by atoms with E-state index in [1.165, 1.54) is 57.0 Å². The Bertz CT molecular complexity index is 5840. The highest BCUT2D eigenvalue weighted by molar-refractivity contribution is 5.75. The number of rotatable bonds is 30. The number of aromatic nitrogens is 1. The van der Waals surface area contributed by atoms with Crippen molar-refractivity contribution in [2.24, 2.45) is 5.73 Å². The van der Waals surface area contributed by atoms with Gasteiger partial charge in [-0.25, -0.2) is 14.6 Å². The van der Waals surface area contributed by atoms with Crippen LogP contribution in [0, 0.1) is 0 Å². The van der Waals surface area contributed by atoms with Crippen LogP contribution in [0.5, 0.6) is 0 Å². The lowest BCUT2D eigenvalue weighted by molar-refractivity contribution is -0.145. The standard InChI is InChI=1S/C40H40F6N2O5.C38H38F6N2O4.C27H27F6N3O3/c1-28(32-20-34(39(41,42)43)22-35(21-32)40(44,45)46)53-27-38(33-16-10-5-11-17-33)19-18-37(47-29(2)49,26-51-23-30-12-6-3-7-13-30)25-48(38)36(50)52-24-31-14-8-4-9-15-31;1-27(30-19-32(37(39,40)41)21-33(20-30)38(42,43)44)50-26-36(31-15-9-4-10-16-31)18-17-35(45,25-48-22-28-11-5-2-6-12-28)24-46(36)34(47)49-23-29-13-7-3-8-14-29;1-17(19-10-21(26(28,29)30)12-22(11-19)27(31,32)33)38-15-25(20-6-4-3-5-7-20)9-8-24(14-35-25,36-18(2)37)23-13-34-16-39-23/h3-17,20-22,28H,18-19,23-27H2,1-2H3,(H,47,49);2-16,19-21,27H,17-18,22-26,45H2,1H3;3-7,10-13,16-17,35H,8-9,14-15H2,1-2H3,(H,36,37)/t28-,37?,38-;27-,35?,36-;17-,24+,25-/m111/s1. The summed E-state index contributed by atoms with van der Waals surface area (Å²) in [5.41, 5.74) is -3.77. The molecule has 37 heteroatoms. The van der Waals surface area contributed by atoms with Gasteiger partial charge in [0.25, 0.3) is 0 Å². The van der Waals surface area contributed by atoms with E-state index >= 15 is 0 Å². The molecule has 9 atom stereocenters. The van der Waals surface area contributed by atoms with Crippen molar-refractivity contribution in [1.82, 2.24) is 30.7 Å². The molecule has 3 saturated heterocycles. The lowest BCUT2D eigenvalue weighted by Gasteiger charge is -2.53.